The Morgan fingerprint density at radius 2 is 1.81 bits per heavy atom. The molecule has 1 unspecified atom stereocenters. The van der Waals surface area contributed by atoms with Crippen LogP contribution in [0.2, 0.25) is 0 Å². The van der Waals surface area contributed by atoms with Gasteiger partial charge in [0.25, 0.3) is 0 Å². The van der Waals surface area contributed by atoms with Crippen molar-refractivity contribution in [2.45, 2.75) is 19.0 Å². The summed E-state index contributed by atoms with van der Waals surface area (Å²) in [4.78, 5) is 13.2. The van der Waals surface area contributed by atoms with Gasteiger partial charge in [0, 0.05) is 46.2 Å². The summed E-state index contributed by atoms with van der Waals surface area (Å²) in [6, 6.07) is 13.4. The maximum absolute atomic E-state index is 4.95. The highest BCUT2D eigenvalue weighted by Crippen LogP contribution is 2.30. The zero-order chi connectivity index (χ0) is 17.8. The van der Waals surface area contributed by atoms with Crippen molar-refractivity contribution in [2.24, 2.45) is 4.99 Å². The molecule has 2 aromatic rings. The zero-order valence-corrected chi connectivity index (χ0v) is 19.2. The van der Waals surface area contributed by atoms with Crippen LogP contribution in [0, 0.1) is 0 Å². The molecule has 0 radical (unpaired) electrons. The number of nitrogens with zero attached hydrogens (tertiary/aromatic N) is 4. The third-order valence-corrected chi connectivity index (χ3v) is 5.69. The van der Waals surface area contributed by atoms with Crippen molar-refractivity contribution in [1.29, 1.82) is 0 Å². The highest BCUT2D eigenvalue weighted by molar-refractivity contribution is 14.0. The van der Waals surface area contributed by atoms with Crippen LogP contribution in [-0.2, 0) is 13.0 Å². The molecule has 0 saturated heterocycles. The molecular formula is C20H29IN4S. The van der Waals surface area contributed by atoms with E-state index >= 15 is 0 Å². The monoisotopic (exact) mass is 484 g/mol. The summed E-state index contributed by atoms with van der Waals surface area (Å²) in [5, 5.41) is 2.22. The van der Waals surface area contributed by atoms with Crippen molar-refractivity contribution >= 4 is 41.3 Å². The Kier molecular flexibility index (Phi) is 7.91. The van der Waals surface area contributed by atoms with E-state index in [2.05, 4.69) is 84.7 Å². The number of hydrogen-bond donors (Lipinski definition) is 0. The number of fused-ring (bicyclic) bond motifs is 1. The smallest absolute Gasteiger partial charge is 0.195 e. The lowest BCUT2D eigenvalue weighted by Crippen LogP contribution is -2.38. The van der Waals surface area contributed by atoms with Crippen molar-refractivity contribution < 1.29 is 0 Å². The minimum atomic E-state index is 0. The molecule has 0 aliphatic carbocycles. The molecule has 1 aliphatic heterocycles. The van der Waals surface area contributed by atoms with Gasteiger partial charge in [0.1, 0.15) is 0 Å². The minimum Gasteiger partial charge on any atom is -0.349 e. The lowest BCUT2D eigenvalue weighted by atomic mass is 10.0. The average Bonchev–Trinajstić information content (AvgIpc) is 3.06. The minimum absolute atomic E-state index is 0. The predicted molar refractivity (Wildman–Crippen MR) is 123 cm³/mol. The number of thiophene rings is 1. The van der Waals surface area contributed by atoms with Gasteiger partial charge in [-0.25, -0.2) is 0 Å². The molecule has 3 rings (SSSR count). The summed E-state index contributed by atoms with van der Waals surface area (Å²) in [7, 11) is 8.20. The fourth-order valence-corrected chi connectivity index (χ4v) is 4.38. The van der Waals surface area contributed by atoms with Crippen molar-refractivity contribution in [3.05, 3.63) is 57.8 Å². The van der Waals surface area contributed by atoms with E-state index in [0.29, 0.717) is 6.04 Å². The number of benzene rings is 1. The van der Waals surface area contributed by atoms with Gasteiger partial charge in [-0.05, 0) is 29.0 Å². The molecule has 1 aromatic carbocycles. The van der Waals surface area contributed by atoms with Crippen molar-refractivity contribution in [3.63, 3.8) is 0 Å². The Bertz CT molecular complexity index is 702. The SMILES string of the molecule is CN(C)C(=NCC(c1ccccc1)N1CCc2sccc2C1)N(C)C.I. The number of guanidine groups is 1. The van der Waals surface area contributed by atoms with E-state index in [-0.39, 0.29) is 24.0 Å². The van der Waals surface area contributed by atoms with Crippen LogP contribution in [-0.4, -0.2) is 61.9 Å². The van der Waals surface area contributed by atoms with Gasteiger partial charge in [-0.3, -0.25) is 9.89 Å². The Morgan fingerprint density at radius 1 is 1.12 bits per heavy atom. The van der Waals surface area contributed by atoms with Crippen LogP contribution in [0.15, 0.2) is 46.8 Å². The van der Waals surface area contributed by atoms with E-state index < -0.39 is 0 Å². The molecular weight excluding hydrogens is 455 g/mol. The Morgan fingerprint density at radius 3 is 2.46 bits per heavy atom. The van der Waals surface area contributed by atoms with Crippen LogP contribution in [0.1, 0.15) is 22.0 Å². The quantitative estimate of drug-likeness (QED) is 0.373. The average molecular weight is 484 g/mol. The lowest BCUT2D eigenvalue weighted by Gasteiger charge is -2.34. The van der Waals surface area contributed by atoms with Crippen molar-refractivity contribution in [1.82, 2.24) is 14.7 Å². The van der Waals surface area contributed by atoms with Crippen molar-refractivity contribution in [2.75, 3.05) is 41.3 Å². The second-order valence-electron chi connectivity index (χ2n) is 6.95. The van der Waals surface area contributed by atoms with E-state index in [9.17, 15) is 0 Å². The summed E-state index contributed by atoms with van der Waals surface area (Å²) < 4.78 is 0. The number of aliphatic imine (C=N–C) groups is 1. The Labute approximate surface area is 178 Å². The number of rotatable bonds is 4. The van der Waals surface area contributed by atoms with Crippen LogP contribution in [0.25, 0.3) is 0 Å². The van der Waals surface area contributed by atoms with E-state index in [0.717, 1.165) is 32.0 Å². The highest BCUT2D eigenvalue weighted by Gasteiger charge is 2.25. The molecule has 0 fully saturated rings. The molecule has 1 atom stereocenters. The van der Waals surface area contributed by atoms with Gasteiger partial charge in [-0.1, -0.05) is 30.3 Å². The first-order valence-corrected chi connectivity index (χ1v) is 9.67. The molecule has 1 aromatic heterocycles. The van der Waals surface area contributed by atoms with Gasteiger partial charge < -0.3 is 9.80 Å². The predicted octanol–water partition coefficient (Wildman–Crippen LogP) is 3.94. The molecule has 6 heteroatoms. The van der Waals surface area contributed by atoms with Gasteiger partial charge in [0.15, 0.2) is 5.96 Å². The summed E-state index contributed by atoms with van der Waals surface area (Å²) in [6.07, 6.45) is 1.15. The molecule has 0 bridgehead atoms. The number of halogens is 1. The summed E-state index contributed by atoms with van der Waals surface area (Å²) >= 11 is 1.89. The Hall–Kier alpha value is -1.12. The third-order valence-electron chi connectivity index (χ3n) is 4.67. The fourth-order valence-electron chi connectivity index (χ4n) is 3.49. The van der Waals surface area contributed by atoms with Gasteiger partial charge >= 0.3 is 0 Å². The first-order chi connectivity index (χ1) is 12.1. The zero-order valence-electron chi connectivity index (χ0n) is 16.1. The van der Waals surface area contributed by atoms with Crippen LogP contribution in [0.3, 0.4) is 0 Å². The van der Waals surface area contributed by atoms with Gasteiger partial charge in [-0.2, -0.15) is 0 Å². The highest BCUT2D eigenvalue weighted by atomic mass is 127. The summed E-state index contributed by atoms with van der Waals surface area (Å²) in [6.45, 7) is 2.89. The molecule has 2 heterocycles. The fraction of sp³-hybridized carbons (Fsp3) is 0.450. The molecule has 0 saturated carbocycles. The third kappa shape index (κ3) is 4.98. The first-order valence-electron chi connectivity index (χ1n) is 8.79. The van der Waals surface area contributed by atoms with Crippen LogP contribution >= 0.6 is 35.3 Å². The Balaban J connectivity index is 0.00000243. The van der Waals surface area contributed by atoms with Crippen LogP contribution < -0.4 is 0 Å². The van der Waals surface area contributed by atoms with Crippen LogP contribution in [0.5, 0.6) is 0 Å². The first kappa shape index (κ1) is 21.2. The summed E-state index contributed by atoms with van der Waals surface area (Å²) in [5.41, 5.74) is 2.84. The van der Waals surface area contributed by atoms with E-state index in [1.807, 2.05) is 11.3 Å². The van der Waals surface area contributed by atoms with Gasteiger partial charge in [0.2, 0.25) is 0 Å². The molecule has 1 aliphatic rings. The largest absolute Gasteiger partial charge is 0.349 e. The molecule has 0 N–H and O–H groups in total. The maximum Gasteiger partial charge on any atom is 0.195 e. The topological polar surface area (TPSA) is 22.1 Å². The molecule has 26 heavy (non-hydrogen) atoms. The maximum atomic E-state index is 4.95. The molecule has 0 spiro atoms. The lowest BCUT2D eigenvalue weighted by molar-refractivity contribution is 0.185. The van der Waals surface area contributed by atoms with E-state index in [1.165, 1.54) is 11.1 Å². The van der Waals surface area contributed by atoms with Gasteiger partial charge in [0.05, 0.1) is 12.6 Å². The molecule has 0 amide bonds. The van der Waals surface area contributed by atoms with E-state index in [1.54, 1.807) is 4.88 Å². The number of hydrogen-bond acceptors (Lipinski definition) is 3. The second-order valence-corrected chi connectivity index (χ2v) is 7.95. The molecule has 4 nitrogen and oxygen atoms in total. The standard InChI is InChI=1S/C20H28N4S.HI/c1-22(2)20(23(3)4)21-14-18(16-8-6-5-7-9-16)24-12-10-19-17(15-24)11-13-25-19;/h5-9,11,13,18H,10,12,14-15H2,1-4H3;1H. The normalized spacial score (nSPS) is 14.8. The van der Waals surface area contributed by atoms with Crippen molar-refractivity contribution in [3.8, 4) is 0 Å². The summed E-state index contributed by atoms with van der Waals surface area (Å²) in [5.74, 6) is 1.01. The second kappa shape index (κ2) is 9.71. The van der Waals surface area contributed by atoms with Crippen LogP contribution in [0.4, 0.5) is 0 Å². The molecule has 142 valence electrons. The van der Waals surface area contributed by atoms with E-state index in [4.69, 9.17) is 4.99 Å². The van der Waals surface area contributed by atoms with Gasteiger partial charge in [-0.15, -0.1) is 35.3 Å².